The van der Waals surface area contributed by atoms with Gasteiger partial charge in [-0.25, -0.2) is 4.98 Å². The van der Waals surface area contributed by atoms with E-state index >= 15 is 0 Å². The Morgan fingerprint density at radius 3 is 2.86 bits per heavy atom. The van der Waals surface area contributed by atoms with E-state index in [-0.39, 0.29) is 11.9 Å². The Morgan fingerprint density at radius 1 is 1.29 bits per heavy atom. The number of hydrogen-bond acceptors (Lipinski definition) is 4. The maximum absolute atomic E-state index is 13.2. The molecule has 0 spiro atoms. The molecular formula is C22H25N5O. The lowest BCUT2D eigenvalue weighted by atomic mass is 10.0. The second-order valence-electron chi connectivity index (χ2n) is 7.32. The molecule has 0 saturated heterocycles. The third kappa shape index (κ3) is 3.67. The van der Waals surface area contributed by atoms with Crippen LogP contribution in [0.2, 0.25) is 0 Å². The SMILES string of the molecule is CC(c1ncc[nH]1)N1CN(C)C2=C(CN(CC#Cc3ccccc3)CC2)C1=O. The molecule has 3 heterocycles. The Kier molecular flexibility index (Phi) is 5.18. The largest absolute Gasteiger partial charge is 0.360 e. The summed E-state index contributed by atoms with van der Waals surface area (Å²) in [6.07, 6.45) is 4.40. The van der Waals surface area contributed by atoms with Crippen LogP contribution in [-0.4, -0.2) is 63.9 Å². The molecule has 1 aromatic heterocycles. The zero-order valence-corrected chi connectivity index (χ0v) is 16.4. The van der Waals surface area contributed by atoms with Crippen molar-refractivity contribution in [2.75, 3.05) is 33.4 Å². The quantitative estimate of drug-likeness (QED) is 0.836. The molecular weight excluding hydrogens is 350 g/mol. The maximum atomic E-state index is 13.2. The monoisotopic (exact) mass is 375 g/mol. The van der Waals surface area contributed by atoms with E-state index in [4.69, 9.17) is 0 Å². The fraction of sp³-hybridized carbons (Fsp3) is 0.364. The summed E-state index contributed by atoms with van der Waals surface area (Å²) in [5, 5.41) is 0. The third-order valence-corrected chi connectivity index (χ3v) is 5.43. The van der Waals surface area contributed by atoms with Crippen molar-refractivity contribution in [3.8, 4) is 11.8 Å². The smallest absolute Gasteiger partial charge is 0.254 e. The highest BCUT2D eigenvalue weighted by Gasteiger charge is 2.36. The standard InChI is InChI=1S/C22H25N5O/c1-17(21-23-11-12-24-21)27-16-25(2)20-10-14-26(15-19(20)22(27)28)13-6-9-18-7-4-3-5-8-18/h3-5,7-8,11-12,17H,10,13-16H2,1-2H3,(H,23,24). The zero-order chi connectivity index (χ0) is 19.5. The number of imidazole rings is 1. The summed E-state index contributed by atoms with van der Waals surface area (Å²) in [6, 6.07) is 9.91. The van der Waals surface area contributed by atoms with Crippen molar-refractivity contribution in [2.45, 2.75) is 19.4 Å². The number of carbonyl (C=O) groups excluding carboxylic acids is 1. The molecule has 2 aromatic rings. The third-order valence-electron chi connectivity index (χ3n) is 5.43. The molecule has 1 atom stereocenters. The lowest BCUT2D eigenvalue weighted by Crippen LogP contribution is -2.51. The summed E-state index contributed by atoms with van der Waals surface area (Å²) < 4.78 is 0. The average molecular weight is 375 g/mol. The molecule has 6 heteroatoms. The van der Waals surface area contributed by atoms with Gasteiger partial charge in [-0.2, -0.15) is 0 Å². The lowest BCUT2D eigenvalue weighted by molar-refractivity contribution is -0.133. The topological polar surface area (TPSA) is 55.5 Å². The Bertz CT molecular complexity index is 923. The number of hydrogen-bond donors (Lipinski definition) is 1. The van der Waals surface area contributed by atoms with Gasteiger partial charge in [-0.3, -0.25) is 9.69 Å². The predicted molar refractivity (Wildman–Crippen MR) is 108 cm³/mol. The van der Waals surface area contributed by atoms with E-state index in [2.05, 4.69) is 38.7 Å². The number of rotatable bonds is 3. The van der Waals surface area contributed by atoms with Crippen molar-refractivity contribution in [1.82, 2.24) is 24.7 Å². The molecule has 0 fully saturated rings. The molecule has 0 saturated carbocycles. The van der Waals surface area contributed by atoms with Crippen LogP contribution in [0.25, 0.3) is 0 Å². The lowest BCUT2D eigenvalue weighted by Gasteiger charge is -2.43. The summed E-state index contributed by atoms with van der Waals surface area (Å²) in [7, 11) is 2.06. The number of benzene rings is 1. The van der Waals surface area contributed by atoms with E-state index in [1.165, 1.54) is 5.70 Å². The number of amides is 1. The predicted octanol–water partition coefficient (Wildman–Crippen LogP) is 2.21. The molecule has 1 N–H and O–H groups in total. The summed E-state index contributed by atoms with van der Waals surface area (Å²) in [5.74, 6) is 7.37. The van der Waals surface area contributed by atoms with Gasteiger partial charge in [0, 0.05) is 50.2 Å². The minimum absolute atomic E-state index is 0.0905. The molecule has 28 heavy (non-hydrogen) atoms. The van der Waals surface area contributed by atoms with Crippen molar-refractivity contribution in [1.29, 1.82) is 0 Å². The van der Waals surface area contributed by atoms with Crippen LogP contribution in [-0.2, 0) is 4.79 Å². The normalized spacial score (nSPS) is 18.6. The van der Waals surface area contributed by atoms with Crippen LogP contribution in [0, 0.1) is 11.8 Å². The van der Waals surface area contributed by atoms with Crippen LogP contribution < -0.4 is 0 Å². The van der Waals surface area contributed by atoms with Gasteiger partial charge in [0.2, 0.25) is 0 Å². The van der Waals surface area contributed by atoms with Crippen LogP contribution in [0.4, 0.5) is 0 Å². The highest BCUT2D eigenvalue weighted by Crippen LogP contribution is 2.30. The van der Waals surface area contributed by atoms with E-state index in [1.807, 2.05) is 42.2 Å². The van der Waals surface area contributed by atoms with Crippen molar-refractivity contribution >= 4 is 5.91 Å². The number of nitrogens with zero attached hydrogens (tertiary/aromatic N) is 4. The van der Waals surface area contributed by atoms with Crippen molar-refractivity contribution in [3.05, 3.63) is 65.4 Å². The number of carbonyl (C=O) groups is 1. The van der Waals surface area contributed by atoms with Gasteiger partial charge in [0.05, 0.1) is 24.8 Å². The molecule has 4 rings (SSSR count). The molecule has 6 nitrogen and oxygen atoms in total. The minimum atomic E-state index is -0.0905. The molecule has 144 valence electrons. The molecule has 1 aromatic carbocycles. The first-order valence-corrected chi connectivity index (χ1v) is 9.63. The van der Waals surface area contributed by atoms with Gasteiger partial charge in [0.25, 0.3) is 5.91 Å². The number of aromatic amines is 1. The first kappa shape index (κ1) is 18.3. The average Bonchev–Trinajstić information content (AvgIpc) is 3.26. The maximum Gasteiger partial charge on any atom is 0.254 e. The summed E-state index contributed by atoms with van der Waals surface area (Å²) in [6.45, 7) is 4.84. The summed E-state index contributed by atoms with van der Waals surface area (Å²) in [5.41, 5.74) is 3.08. The van der Waals surface area contributed by atoms with E-state index in [9.17, 15) is 4.79 Å². The zero-order valence-electron chi connectivity index (χ0n) is 16.4. The van der Waals surface area contributed by atoms with Crippen LogP contribution >= 0.6 is 0 Å². The van der Waals surface area contributed by atoms with E-state index in [0.717, 1.165) is 29.9 Å². The van der Waals surface area contributed by atoms with Gasteiger partial charge in [-0.15, -0.1) is 0 Å². The number of aromatic nitrogens is 2. The van der Waals surface area contributed by atoms with Gasteiger partial charge in [-0.05, 0) is 19.1 Å². The Balaban J connectivity index is 1.47. The van der Waals surface area contributed by atoms with Gasteiger partial charge >= 0.3 is 0 Å². The number of nitrogens with one attached hydrogen (secondary N) is 1. The molecule has 2 aliphatic heterocycles. The van der Waals surface area contributed by atoms with Crippen LogP contribution in [0.3, 0.4) is 0 Å². The van der Waals surface area contributed by atoms with Gasteiger partial charge < -0.3 is 14.8 Å². The van der Waals surface area contributed by atoms with E-state index < -0.39 is 0 Å². The first-order valence-electron chi connectivity index (χ1n) is 9.63. The molecule has 0 aliphatic carbocycles. The van der Waals surface area contributed by atoms with Gasteiger partial charge in [0.15, 0.2) is 0 Å². The second kappa shape index (κ2) is 7.91. The molecule has 1 amide bonds. The highest BCUT2D eigenvalue weighted by molar-refractivity contribution is 5.95. The molecule has 2 aliphatic rings. The van der Waals surface area contributed by atoms with E-state index in [1.54, 1.807) is 12.4 Å². The van der Waals surface area contributed by atoms with Crippen LogP contribution in [0.1, 0.15) is 30.8 Å². The summed E-state index contributed by atoms with van der Waals surface area (Å²) in [4.78, 5) is 27.0. The fourth-order valence-corrected chi connectivity index (χ4v) is 3.83. The Morgan fingerprint density at radius 2 is 2.11 bits per heavy atom. The number of H-pyrrole nitrogens is 1. The first-order chi connectivity index (χ1) is 13.6. The van der Waals surface area contributed by atoms with E-state index in [0.29, 0.717) is 19.8 Å². The highest BCUT2D eigenvalue weighted by atomic mass is 16.2. The van der Waals surface area contributed by atoms with Crippen molar-refractivity contribution in [3.63, 3.8) is 0 Å². The van der Waals surface area contributed by atoms with Crippen LogP contribution in [0.5, 0.6) is 0 Å². The van der Waals surface area contributed by atoms with Crippen molar-refractivity contribution in [2.24, 2.45) is 0 Å². The minimum Gasteiger partial charge on any atom is -0.360 e. The fourth-order valence-electron chi connectivity index (χ4n) is 3.83. The Labute approximate surface area is 165 Å². The van der Waals surface area contributed by atoms with Crippen LogP contribution in [0.15, 0.2) is 54.0 Å². The molecule has 1 unspecified atom stereocenters. The molecule has 0 radical (unpaired) electrons. The Hall–Kier alpha value is -3.04. The van der Waals surface area contributed by atoms with Gasteiger partial charge in [0.1, 0.15) is 5.82 Å². The van der Waals surface area contributed by atoms with Crippen molar-refractivity contribution < 1.29 is 4.79 Å². The second-order valence-corrected chi connectivity index (χ2v) is 7.32. The van der Waals surface area contributed by atoms with Gasteiger partial charge in [-0.1, -0.05) is 30.0 Å². The molecule has 0 bridgehead atoms. The summed E-state index contributed by atoms with van der Waals surface area (Å²) >= 11 is 0.